The summed E-state index contributed by atoms with van der Waals surface area (Å²) in [5.41, 5.74) is 0.124. The molecule has 2 N–H and O–H groups in total. The second-order valence-corrected chi connectivity index (χ2v) is 5.82. The maximum Gasteiger partial charge on any atom is 0.191 e. The molecule has 0 aromatic heterocycles. The van der Waals surface area contributed by atoms with Crippen LogP contribution in [0.15, 0.2) is 4.99 Å². The smallest absolute Gasteiger partial charge is 0.191 e. The molecule has 18 heavy (non-hydrogen) atoms. The van der Waals surface area contributed by atoms with Gasteiger partial charge in [0, 0.05) is 27.2 Å². The summed E-state index contributed by atoms with van der Waals surface area (Å²) in [6.45, 7) is 12.6. The van der Waals surface area contributed by atoms with Gasteiger partial charge in [-0.15, -0.1) is 24.0 Å². The number of hydrogen-bond donors (Lipinski definition) is 2. The Bertz CT molecular complexity index is 237. The van der Waals surface area contributed by atoms with Crippen LogP contribution in [0.4, 0.5) is 0 Å². The molecule has 110 valence electrons. The molecule has 0 aromatic rings. The maximum atomic E-state index is 5.49. The summed E-state index contributed by atoms with van der Waals surface area (Å²) in [5, 5.41) is 6.58. The van der Waals surface area contributed by atoms with Gasteiger partial charge in [0.05, 0.1) is 6.10 Å². The highest BCUT2D eigenvalue weighted by molar-refractivity contribution is 14.0. The molecule has 0 aliphatic heterocycles. The molecule has 1 unspecified atom stereocenters. The van der Waals surface area contributed by atoms with Gasteiger partial charge in [-0.2, -0.15) is 0 Å². The first-order chi connectivity index (χ1) is 7.81. The first-order valence-corrected chi connectivity index (χ1v) is 6.28. The van der Waals surface area contributed by atoms with Gasteiger partial charge in [0.25, 0.3) is 0 Å². The van der Waals surface area contributed by atoms with E-state index in [9.17, 15) is 0 Å². The molecule has 0 aromatic carbocycles. The second-order valence-electron chi connectivity index (χ2n) is 5.82. The van der Waals surface area contributed by atoms with Crippen molar-refractivity contribution in [2.45, 2.75) is 40.7 Å². The Morgan fingerprint density at radius 2 is 1.67 bits per heavy atom. The third-order valence-electron chi connectivity index (χ3n) is 2.61. The van der Waals surface area contributed by atoms with E-state index in [-0.39, 0.29) is 35.5 Å². The van der Waals surface area contributed by atoms with Crippen LogP contribution in [-0.2, 0) is 4.74 Å². The van der Waals surface area contributed by atoms with Crippen LogP contribution in [0.5, 0.6) is 0 Å². The van der Waals surface area contributed by atoms with Crippen molar-refractivity contribution in [2.75, 3.05) is 27.2 Å². The van der Waals surface area contributed by atoms with E-state index in [0.29, 0.717) is 5.92 Å². The van der Waals surface area contributed by atoms with E-state index in [4.69, 9.17) is 4.74 Å². The first kappa shape index (κ1) is 20.3. The highest BCUT2D eigenvalue weighted by Crippen LogP contribution is 2.20. The number of aliphatic imine (C=N–C) groups is 1. The summed E-state index contributed by atoms with van der Waals surface area (Å²) in [7, 11) is 3.54. The summed E-state index contributed by atoms with van der Waals surface area (Å²) in [4.78, 5) is 4.19. The standard InChI is InChI=1S/C13H29N3O.HI/c1-10(2)8-15-12(14-6)16-9-11(17-7)13(3,4)5;/h10-11H,8-9H2,1-7H3,(H2,14,15,16);1H. The van der Waals surface area contributed by atoms with Crippen molar-refractivity contribution >= 4 is 29.9 Å². The number of ether oxygens (including phenoxy) is 1. The van der Waals surface area contributed by atoms with E-state index >= 15 is 0 Å². The molecule has 0 aliphatic carbocycles. The molecule has 0 bridgehead atoms. The van der Waals surface area contributed by atoms with Gasteiger partial charge in [0.1, 0.15) is 0 Å². The second kappa shape index (κ2) is 9.83. The van der Waals surface area contributed by atoms with Crippen LogP contribution in [0.1, 0.15) is 34.6 Å². The molecule has 0 saturated carbocycles. The first-order valence-electron chi connectivity index (χ1n) is 6.28. The summed E-state index contributed by atoms with van der Waals surface area (Å²) < 4.78 is 5.49. The van der Waals surface area contributed by atoms with Crippen LogP contribution < -0.4 is 10.6 Å². The van der Waals surface area contributed by atoms with Gasteiger partial charge in [-0.05, 0) is 11.3 Å². The molecule has 0 rings (SSSR count). The number of hydrogen-bond acceptors (Lipinski definition) is 2. The predicted octanol–water partition coefficient (Wildman–Crippen LogP) is 2.49. The predicted molar refractivity (Wildman–Crippen MR) is 89.9 cm³/mol. The minimum absolute atomic E-state index is 0. The maximum absolute atomic E-state index is 5.49. The molecule has 4 nitrogen and oxygen atoms in total. The Labute approximate surface area is 129 Å². The van der Waals surface area contributed by atoms with Crippen LogP contribution in [0, 0.1) is 11.3 Å². The Morgan fingerprint density at radius 3 is 2.00 bits per heavy atom. The Balaban J connectivity index is 0. The van der Waals surface area contributed by atoms with Crippen molar-refractivity contribution < 1.29 is 4.74 Å². The lowest BCUT2D eigenvalue weighted by Crippen LogP contribution is -2.46. The van der Waals surface area contributed by atoms with Crippen LogP contribution in [0.3, 0.4) is 0 Å². The number of nitrogens with zero attached hydrogens (tertiary/aromatic N) is 1. The zero-order valence-electron chi connectivity index (χ0n) is 12.8. The monoisotopic (exact) mass is 371 g/mol. The van der Waals surface area contributed by atoms with Gasteiger partial charge >= 0.3 is 0 Å². The molecule has 0 aliphatic rings. The van der Waals surface area contributed by atoms with Crippen LogP contribution in [0.2, 0.25) is 0 Å². The van der Waals surface area contributed by atoms with E-state index in [0.717, 1.165) is 19.0 Å². The van der Waals surface area contributed by atoms with Crippen molar-refractivity contribution in [3.8, 4) is 0 Å². The normalized spacial score (nSPS) is 14.1. The zero-order chi connectivity index (χ0) is 13.5. The third kappa shape index (κ3) is 8.97. The van der Waals surface area contributed by atoms with Crippen molar-refractivity contribution in [3.05, 3.63) is 0 Å². The Kier molecular flexibility index (Phi) is 11.1. The fourth-order valence-corrected chi connectivity index (χ4v) is 1.45. The van der Waals surface area contributed by atoms with E-state index < -0.39 is 0 Å². The molecule has 1 atom stereocenters. The average molecular weight is 371 g/mol. The fraction of sp³-hybridized carbons (Fsp3) is 0.923. The lowest BCUT2D eigenvalue weighted by Gasteiger charge is -2.30. The van der Waals surface area contributed by atoms with Crippen molar-refractivity contribution in [1.29, 1.82) is 0 Å². The van der Waals surface area contributed by atoms with E-state index in [1.54, 1.807) is 14.2 Å². The van der Waals surface area contributed by atoms with Gasteiger partial charge in [0.15, 0.2) is 5.96 Å². The van der Waals surface area contributed by atoms with Crippen molar-refractivity contribution in [2.24, 2.45) is 16.3 Å². The molecule has 0 amide bonds. The summed E-state index contributed by atoms with van der Waals surface area (Å²) >= 11 is 0. The summed E-state index contributed by atoms with van der Waals surface area (Å²) in [6, 6.07) is 0. The molecule has 0 spiro atoms. The van der Waals surface area contributed by atoms with E-state index in [1.165, 1.54) is 0 Å². The number of nitrogens with one attached hydrogen (secondary N) is 2. The molecule has 0 fully saturated rings. The summed E-state index contributed by atoms with van der Waals surface area (Å²) in [6.07, 6.45) is 0.167. The van der Waals surface area contributed by atoms with E-state index in [1.807, 2.05) is 0 Å². The number of guanidine groups is 1. The van der Waals surface area contributed by atoms with Gasteiger partial charge in [-0.25, -0.2) is 0 Å². The minimum atomic E-state index is 0. The lowest BCUT2D eigenvalue weighted by molar-refractivity contribution is 0.0205. The Hall–Kier alpha value is -0.0400. The number of methoxy groups -OCH3 is 1. The molecule has 5 heteroatoms. The van der Waals surface area contributed by atoms with Gasteiger partial charge in [-0.3, -0.25) is 4.99 Å². The molecular weight excluding hydrogens is 341 g/mol. The molecule has 0 radical (unpaired) electrons. The zero-order valence-corrected chi connectivity index (χ0v) is 15.2. The highest BCUT2D eigenvalue weighted by Gasteiger charge is 2.24. The fourth-order valence-electron chi connectivity index (χ4n) is 1.45. The van der Waals surface area contributed by atoms with Crippen molar-refractivity contribution in [3.63, 3.8) is 0 Å². The molecular formula is C13H30IN3O. The summed E-state index contributed by atoms with van der Waals surface area (Å²) in [5.74, 6) is 1.44. The number of halogens is 1. The largest absolute Gasteiger partial charge is 0.379 e. The Morgan fingerprint density at radius 1 is 1.17 bits per heavy atom. The van der Waals surface area contributed by atoms with Gasteiger partial charge < -0.3 is 15.4 Å². The van der Waals surface area contributed by atoms with Gasteiger partial charge in [-0.1, -0.05) is 34.6 Å². The molecule has 0 saturated heterocycles. The van der Waals surface area contributed by atoms with Crippen molar-refractivity contribution in [1.82, 2.24) is 10.6 Å². The average Bonchev–Trinajstić information content (AvgIpc) is 2.21. The molecule has 0 heterocycles. The quantitative estimate of drug-likeness (QED) is 0.444. The van der Waals surface area contributed by atoms with Gasteiger partial charge in [0.2, 0.25) is 0 Å². The van der Waals surface area contributed by atoms with Crippen LogP contribution in [-0.4, -0.2) is 39.3 Å². The lowest BCUT2D eigenvalue weighted by atomic mass is 9.89. The van der Waals surface area contributed by atoms with Crippen LogP contribution >= 0.6 is 24.0 Å². The van der Waals surface area contributed by atoms with Crippen LogP contribution in [0.25, 0.3) is 0 Å². The SMILES string of the molecule is CN=C(NCC(C)C)NCC(OC)C(C)(C)C.I. The third-order valence-corrected chi connectivity index (χ3v) is 2.61. The minimum Gasteiger partial charge on any atom is -0.379 e. The van der Waals surface area contributed by atoms with E-state index in [2.05, 4.69) is 50.2 Å². The topological polar surface area (TPSA) is 45.7 Å². The highest BCUT2D eigenvalue weighted by atomic mass is 127. The number of rotatable bonds is 5.